The maximum absolute atomic E-state index is 14.9. The molecule has 0 aliphatic carbocycles. The molecule has 1 aromatic carbocycles. The third kappa shape index (κ3) is 4.73. The van der Waals surface area contributed by atoms with Crippen LogP contribution in [0, 0.1) is 31.6 Å². The number of anilines is 1. The molecular formula is C33H47N3O5. The number of benzene rings is 1. The summed E-state index contributed by atoms with van der Waals surface area (Å²) in [5.74, 6) is -2.31. The number of hydrogen-bond donors (Lipinski definition) is 1. The fraction of sp³-hybridized carbons (Fsp3) is 0.606. The maximum Gasteiger partial charge on any atom is 0.253 e. The normalized spacial score (nSPS) is 29.7. The highest BCUT2D eigenvalue weighted by molar-refractivity contribution is 6.05. The van der Waals surface area contributed by atoms with Crippen molar-refractivity contribution in [1.29, 1.82) is 0 Å². The number of ether oxygens (including phenoxy) is 1. The molecule has 41 heavy (non-hydrogen) atoms. The van der Waals surface area contributed by atoms with Gasteiger partial charge in [0.15, 0.2) is 0 Å². The van der Waals surface area contributed by atoms with Crippen molar-refractivity contribution in [2.75, 3.05) is 31.6 Å². The molecule has 1 aromatic rings. The van der Waals surface area contributed by atoms with E-state index in [0.29, 0.717) is 32.2 Å². The lowest BCUT2D eigenvalue weighted by Crippen LogP contribution is -2.60. The van der Waals surface area contributed by atoms with E-state index in [4.69, 9.17) is 4.74 Å². The minimum absolute atomic E-state index is 0.0713. The predicted molar refractivity (Wildman–Crippen MR) is 160 cm³/mol. The van der Waals surface area contributed by atoms with E-state index in [1.807, 2.05) is 52.8 Å². The number of carbonyl (C=O) groups excluding carboxylic acids is 3. The molecule has 4 rings (SSSR count). The summed E-state index contributed by atoms with van der Waals surface area (Å²) in [5, 5.41) is 10.6. The number of fused-ring (bicyclic) bond motifs is 1. The van der Waals surface area contributed by atoms with Gasteiger partial charge < -0.3 is 24.5 Å². The van der Waals surface area contributed by atoms with Gasteiger partial charge in [0.25, 0.3) is 5.91 Å². The zero-order valence-corrected chi connectivity index (χ0v) is 25.6. The molecule has 3 saturated heterocycles. The zero-order chi connectivity index (χ0) is 30.3. The smallest absolute Gasteiger partial charge is 0.253 e. The van der Waals surface area contributed by atoms with Crippen LogP contribution in [-0.4, -0.2) is 82.7 Å². The molecule has 8 heteroatoms. The lowest BCUT2D eigenvalue weighted by molar-refractivity contribution is -0.154. The van der Waals surface area contributed by atoms with Crippen LogP contribution in [0.5, 0.6) is 0 Å². The summed E-state index contributed by atoms with van der Waals surface area (Å²) in [4.78, 5) is 48.5. The Bertz CT molecular complexity index is 1220. The highest BCUT2D eigenvalue weighted by Crippen LogP contribution is 2.65. The Hall–Kier alpha value is -2.97. The van der Waals surface area contributed by atoms with E-state index in [2.05, 4.69) is 13.2 Å². The number of hydrogen-bond acceptors (Lipinski definition) is 5. The SMILES string of the molecule is C=CCN(C)C(=O)[C@H]1[C@H]2C(=O)N([C@@H](CO)[C@@H](C)CC)C(C(=O)N(CC=C)c3cc(C)ccc3C)C23CC[C@]1(CC)O3. The van der Waals surface area contributed by atoms with E-state index in [1.54, 1.807) is 33.9 Å². The predicted octanol–water partition coefficient (Wildman–Crippen LogP) is 4.03. The summed E-state index contributed by atoms with van der Waals surface area (Å²) >= 11 is 0. The van der Waals surface area contributed by atoms with Crippen molar-refractivity contribution in [2.24, 2.45) is 17.8 Å². The van der Waals surface area contributed by atoms with Crippen LogP contribution in [0.2, 0.25) is 0 Å². The Morgan fingerprint density at radius 3 is 2.44 bits per heavy atom. The van der Waals surface area contributed by atoms with E-state index in [-0.39, 0.29) is 36.8 Å². The van der Waals surface area contributed by atoms with Gasteiger partial charge in [0.1, 0.15) is 11.6 Å². The molecule has 3 aliphatic heterocycles. The van der Waals surface area contributed by atoms with Crippen LogP contribution in [0.4, 0.5) is 5.69 Å². The third-order valence-corrected chi connectivity index (χ3v) is 9.98. The lowest BCUT2D eigenvalue weighted by atomic mass is 9.64. The number of aryl methyl sites for hydroxylation is 2. The van der Waals surface area contributed by atoms with Gasteiger partial charge in [-0.25, -0.2) is 0 Å². The molecular weight excluding hydrogens is 518 g/mol. The summed E-state index contributed by atoms with van der Waals surface area (Å²) in [7, 11) is 1.72. The second-order valence-electron chi connectivity index (χ2n) is 12.2. The number of amides is 3. The summed E-state index contributed by atoms with van der Waals surface area (Å²) in [5.41, 5.74) is 0.692. The first-order valence-corrected chi connectivity index (χ1v) is 15.0. The van der Waals surface area contributed by atoms with E-state index < -0.39 is 35.1 Å². The summed E-state index contributed by atoms with van der Waals surface area (Å²) < 4.78 is 6.95. The van der Waals surface area contributed by atoms with Crippen LogP contribution in [0.15, 0.2) is 43.5 Å². The number of nitrogens with zero attached hydrogens (tertiary/aromatic N) is 3. The first-order chi connectivity index (χ1) is 19.5. The average molecular weight is 566 g/mol. The first-order valence-electron chi connectivity index (χ1n) is 15.0. The van der Waals surface area contributed by atoms with Crippen LogP contribution in [0.25, 0.3) is 0 Å². The molecule has 8 nitrogen and oxygen atoms in total. The molecule has 3 aliphatic rings. The van der Waals surface area contributed by atoms with Gasteiger partial charge in [0, 0.05) is 25.8 Å². The molecule has 2 bridgehead atoms. The molecule has 0 radical (unpaired) electrons. The summed E-state index contributed by atoms with van der Waals surface area (Å²) in [6.45, 7) is 17.9. The van der Waals surface area contributed by atoms with Crippen molar-refractivity contribution in [3.63, 3.8) is 0 Å². The average Bonchev–Trinajstić information content (AvgIpc) is 3.56. The van der Waals surface area contributed by atoms with Gasteiger partial charge in [0.05, 0.1) is 30.1 Å². The van der Waals surface area contributed by atoms with Crippen LogP contribution in [0.3, 0.4) is 0 Å². The van der Waals surface area contributed by atoms with Crippen molar-refractivity contribution < 1.29 is 24.2 Å². The third-order valence-electron chi connectivity index (χ3n) is 9.98. The first kappa shape index (κ1) is 31.0. The van der Waals surface area contributed by atoms with Crippen LogP contribution < -0.4 is 4.90 Å². The minimum atomic E-state index is -1.17. The standard InChI is InChI=1S/C33H47N3O5/c1-9-17-34(8)29(38)26-27-30(39)36(25(20-37)22(6)11-3)28(33(27)16-15-32(26,12-4)41-33)31(40)35(18-10-2)24-19-21(5)13-14-23(24)7/h9-10,13-14,19,22,25-28,37H,1-2,11-12,15-18,20H2,3-8H3/t22-,25-,26+,27-,28?,32-,33?/m0/s1. The van der Waals surface area contributed by atoms with E-state index >= 15 is 0 Å². The molecule has 0 aromatic heterocycles. The van der Waals surface area contributed by atoms with Gasteiger partial charge in [-0.05, 0) is 56.2 Å². The van der Waals surface area contributed by atoms with Crippen molar-refractivity contribution in [3.05, 3.63) is 54.6 Å². The van der Waals surface area contributed by atoms with Crippen molar-refractivity contribution in [3.8, 4) is 0 Å². The second-order valence-corrected chi connectivity index (χ2v) is 12.2. The van der Waals surface area contributed by atoms with Crippen LogP contribution in [0.1, 0.15) is 57.6 Å². The monoisotopic (exact) mass is 565 g/mol. The Morgan fingerprint density at radius 2 is 1.85 bits per heavy atom. The quantitative estimate of drug-likeness (QED) is 0.387. The van der Waals surface area contributed by atoms with Gasteiger partial charge in [-0.15, -0.1) is 13.2 Å². The Kier molecular flexibility index (Phi) is 8.86. The van der Waals surface area contributed by atoms with E-state index in [1.165, 1.54) is 0 Å². The van der Waals surface area contributed by atoms with Crippen molar-refractivity contribution in [1.82, 2.24) is 9.80 Å². The minimum Gasteiger partial charge on any atom is -0.394 e. The highest BCUT2D eigenvalue weighted by atomic mass is 16.5. The number of likely N-dealkylation sites (N-methyl/N-ethyl adjacent to an activating group) is 1. The number of aliphatic hydroxyl groups excluding tert-OH is 1. The van der Waals surface area contributed by atoms with Crippen LogP contribution in [-0.2, 0) is 19.1 Å². The molecule has 2 unspecified atom stereocenters. The molecule has 0 saturated carbocycles. The maximum atomic E-state index is 14.9. The number of likely N-dealkylation sites (tertiary alicyclic amines) is 1. The fourth-order valence-electron chi connectivity index (χ4n) is 7.60. The van der Waals surface area contributed by atoms with Crippen molar-refractivity contribution >= 4 is 23.4 Å². The largest absolute Gasteiger partial charge is 0.394 e. The molecule has 3 fully saturated rings. The number of rotatable bonds is 12. The Balaban J connectivity index is 1.92. The number of aliphatic hydroxyl groups is 1. The van der Waals surface area contributed by atoms with Gasteiger partial charge >= 0.3 is 0 Å². The molecule has 3 amide bonds. The van der Waals surface area contributed by atoms with E-state index in [0.717, 1.165) is 16.8 Å². The molecule has 1 spiro atoms. The molecule has 7 atom stereocenters. The molecule has 224 valence electrons. The Labute approximate surface area is 245 Å². The summed E-state index contributed by atoms with van der Waals surface area (Å²) in [6, 6.07) is 4.39. The van der Waals surface area contributed by atoms with Gasteiger partial charge in [-0.2, -0.15) is 0 Å². The van der Waals surface area contributed by atoms with Gasteiger partial charge in [-0.3, -0.25) is 14.4 Å². The fourth-order valence-corrected chi connectivity index (χ4v) is 7.60. The number of carbonyl (C=O) groups is 3. The van der Waals surface area contributed by atoms with E-state index in [9.17, 15) is 19.5 Å². The van der Waals surface area contributed by atoms with Gasteiger partial charge in [0.2, 0.25) is 11.8 Å². The Morgan fingerprint density at radius 1 is 1.17 bits per heavy atom. The second kappa shape index (κ2) is 11.7. The van der Waals surface area contributed by atoms with Gasteiger partial charge in [-0.1, -0.05) is 51.5 Å². The van der Waals surface area contributed by atoms with Crippen LogP contribution >= 0.6 is 0 Å². The zero-order valence-electron chi connectivity index (χ0n) is 25.6. The van der Waals surface area contributed by atoms with Crippen molar-refractivity contribution in [2.45, 2.75) is 83.6 Å². The molecule has 1 N–H and O–H groups in total. The highest BCUT2D eigenvalue weighted by Gasteiger charge is 2.79. The molecule has 3 heterocycles. The lowest BCUT2D eigenvalue weighted by Gasteiger charge is -2.41. The summed E-state index contributed by atoms with van der Waals surface area (Å²) in [6.07, 6.45) is 5.70. The topological polar surface area (TPSA) is 90.4 Å².